The number of benzene rings is 1. The zero-order chi connectivity index (χ0) is 17.1. The van der Waals surface area contributed by atoms with Gasteiger partial charge in [0.15, 0.2) is 5.78 Å². The summed E-state index contributed by atoms with van der Waals surface area (Å²) in [6.07, 6.45) is 2.52. The lowest BCUT2D eigenvalue weighted by Gasteiger charge is -2.60. The van der Waals surface area contributed by atoms with Crippen molar-refractivity contribution in [1.82, 2.24) is 0 Å². The van der Waals surface area contributed by atoms with Gasteiger partial charge in [-0.2, -0.15) is 0 Å². The van der Waals surface area contributed by atoms with Gasteiger partial charge in [-0.05, 0) is 37.1 Å². The van der Waals surface area contributed by atoms with E-state index in [1.54, 1.807) is 9.80 Å². The van der Waals surface area contributed by atoms with Crippen molar-refractivity contribution in [3.05, 3.63) is 29.8 Å². The quantitative estimate of drug-likeness (QED) is 0.809. The summed E-state index contributed by atoms with van der Waals surface area (Å²) in [5, 5.41) is 0. The smallest absolute Gasteiger partial charge is 0.240 e. The molecule has 0 spiro atoms. The molecule has 0 atom stereocenters. The van der Waals surface area contributed by atoms with Gasteiger partial charge in [-0.15, -0.1) is 0 Å². The molecular weight excluding hydrogens is 298 g/mol. The van der Waals surface area contributed by atoms with Crippen LogP contribution in [0.5, 0.6) is 0 Å². The highest BCUT2D eigenvalue weighted by molar-refractivity contribution is 5.92. The molecule has 0 unspecified atom stereocenters. The molecule has 4 heteroatoms. The third kappa shape index (κ3) is 2.02. The average molecular weight is 329 g/mol. The van der Waals surface area contributed by atoms with Crippen LogP contribution in [0, 0.1) is 10.8 Å². The second-order valence-corrected chi connectivity index (χ2v) is 8.54. The van der Waals surface area contributed by atoms with Crippen molar-refractivity contribution < 1.29 is 14.6 Å². The summed E-state index contributed by atoms with van der Waals surface area (Å²) in [6, 6.07) is 9.08. The molecule has 4 aliphatic heterocycles. The standard InChI is InChI=1S/C20H29N3O/c1-5-19-11-22-13-20(6-2,18(19)24)14-23(12-19)17(22)15-7-9-16(10-8-15)21(3)4/h7-10,17H,5-6,11-14H2,1-4H3/p+2. The molecule has 4 heterocycles. The average Bonchev–Trinajstić information content (AvgIpc) is 2.58. The number of quaternary nitrogens is 2. The number of hydrogen-bond acceptors (Lipinski definition) is 2. The van der Waals surface area contributed by atoms with Crippen LogP contribution < -0.4 is 14.7 Å². The highest BCUT2D eigenvalue weighted by Crippen LogP contribution is 2.40. The summed E-state index contributed by atoms with van der Waals surface area (Å²) in [7, 11) is 4.17. The molecule has 0 radical (unpaired) electrons. The number of nitrogens with one attached hydrogen (secondary N) is 2. The molecule has 0 aliphatic carbocycles. The van der Waals surface area contributed by atoms with Crippen LogP contribution in [0.4, 0.5) is 5.69 Å². The number of Topliss-reactive ketones (excluding diaryl/α,β-unsaturated/α-hetero) is 1. The van der Waals surface area contributed by atoms with Crippen LogP contribution in [0.3, 0.4) is 0 Å². The third-order valence-corrected chi connectivity index (χ3v) is 7.14. The normalized spacial score (nSPS) is 40.2. The van der Waals surface area contributed by atoms with Gasteiger partial charge in [0, 0.05) is 19.8 Å². The third-order valence-electron chi connectivity index (χ3n) is 7.14. The predicted octanol–water partition coefficient (Wildman–Crippen LogP) is -0.0763. The van der Waals surface area contributed by atoms with Crippen LogP contribution in [0.1, 0.15) is 38.4 Å². The van der Waals surface area contributed by atoms with Crippen LogP contribution in [0.15, 0.2) is 24.3 Å². The lowest BCUT2D eigenvalue weighted by Crippen LogP contribution is -3.41. The van der Waals surface area contributed by atoms with E-state index >= 15 is 0 Å². The molecule has 24 heavy (non-hydrogen) atoms. The van der Waals surface area contributed by atoms with Gasteiger partial charge < -0.3 is 4.90 Å². The number of rotatable bonds is 4. The van der Waals surface area contributed by atoms with Crippen LogP contribution in [-0.2, 0) is 4.79 Å². The van der Waals surface area contributed by atoms with Gasteiger partial charge in [-0.1, -0.05) is 13.8 Å². The first-order valence-corrected chi connectivity index (χ1v) is 9.46. The van der Waals surface area contributed by atoms with Crippen molar-refractivity contribution in [2.24, 2.45) is 10.8 Å². The SMILES string of the molecule is CCC12C[NH+]3CC(CC)(C[NH+](C1)C3c1ccc(N(C)C)cc1)C2=O. The highest BCUT2D eigenvalue weighted by atomic mass is 16.1. The van der Waals surface area contributed by atoms with E-state index in [-0.39, 0.29) is 10.8 Å². The Hall–Kier alpha value is -1.39. The summed E-state index contributed by atoms with van der Waals surface area (Å²) < 4.78 is 0. The molecule has 4 aliphatic rings. The Kier molecular flexibility index (Phi) is 3.56. The number of nitrogens with zero attached hydrogens (tertiary/aromatic N) is 1. The molecular formula is C20H31N3O+2. The van der Waals surface area contributed by atoms with Gasteiger partial charge in [0.25, 0.3) is 0 Å². The van der Waals surface area contributed by atoms with Gasteiger partial charge >= 0.3 is 0 Å². The molecule has 4 bridgehead atoms. The number of piperidine rings is 2. The molecule has 4 nitrogen and oxygen atoms in total. The molecule has 130 valence electrons. The first kappa shape index (κ1) is 16.1. The topological polar surface area (TPSA) is 29.2 Å². The maximum atomic E-state index is 13.2. The van der Waals surface area contributed by atoms with E-state index in [0.29, 0.717) is 11.9 Å². The van der Waals surface area contributed by atoms with E-state index in [4.69, 9.17) is 0 Å². The number of ketones is 1. The van der Waals surface area contributed by atoms with Crippen LogP contribution >= 0.6 is 0 Å². The monoisotopic (exact) mass is 329 g/mol. The Morgan fingerprint density at radius 1 is 0.958 bits per heavy atom. The molecule has 1 aromatic rings. The number of anilines is 1. The van der Waals surface area contributed by atoms with E-state index in [1.807, 2.05) is 0 Å². The minimum atomic E-state index is -0.0583. The second kappa shape index (κ2) is 5.30. The second-order valence-electron chi connectivity index (χ2n) is 8.54. The van der Waals surface area contributed by atoms with Crippen LogP contribution in [0.25, 0.3) is 0 Å². The zero-order valence-electron chi connectivity index (χ0n) is 15.5. The van der Waals surface area contributed by atoms with Crippen molar-refractivity contribution in [2.45, 2.75) is 32.9 Å². The fourth-order valence-electron chi connectivity index (χ4n) is 5.83. The Labute approximate surface area is 145 Å². The fourth-order valence-corrected chi connectivity index (χ4v) is 5.83. The van der Waals surface area contributed by atoms with Gasteiger partial charge in [0.05, 0.1) is 5.56 Å². The van der Waals surface area contributed by atoms with Crippen molar-refractivity contribution >= 4 is 11.5 Å². The largest absolute Gasteiger partial charge is 0.378 e. The number of carbonyl (C=O) groups is 1. The Bertz CT molecular complexity index is 609. The molecule has 5 rings (SSSR count). The van der Waals surface area contributed by atoms with Crippen molar-refractivity contribution in [3.63, 3.8) is 0 Å². The van der Waals surface area contributed by atoms with Crippen molar-refractivity contribution in [3.8, 4) is 0 Å². The van der Waals surface area contributed by atoms with E-state index < -0.39 is 0 Å². The molecule has 4 saturated heterocycles. The molecule has 2 N–H and O–H groups in total. The summed E-state index contributed by atoms with van der Waals surface area (Å²) in [6.45, 7) is 8.58. The first-order valence-electron chi connectivity index (χ1n) is 9.46. The number of hydrogen-bond donors (Lipinski definition) is 2. The molecule has 0 aromatic heterocycles. The van der Waals surface area contributed by atoms with E-state index in [2.05, 4.69) is 57.1 Å². The minimum absolute atomic E-state index is 0.0583. The first-order chi connectivity index (χ1) is 11.4. The summed E-state index contributed by atoms with van der Waals surface area (Å²) in [5.41, 5.74) is 2.58. The zero-order valence-corrected chi connectivity index (χ0v) is 15.5. The molecule has 0 amide bonds. The summed E-state index contributed by atoms with van der Waals surface area (Å²) in [5.74, 6) is 0.592. The lowest BCUT2D eigenvalue weighted by molar-refractivity contribution is -1.18. The maximum absolute atomic E-state index is 13.2. The summed E-state index contributed by atoms with van der Waals surface area (Å²) in [4.78, 5) is 18.6. The molecule has 0 saturated carbocycles. The Morgan fingerprint density at radius 3 is 1.79 bits per heavy atom. The van der Waals surface area contributed by atoms with E-state index in [1.165, 1.54) is 11.3 Å². The van der Waals surface area contributed by atoms with E-state index in [0.717, 1.165) is 39.0 Å². The number of carbonyl (C=O) groups excluding carboxylic acids is 1. The molecule has 1 aromatic carbocycles. The Morgan fingerprint density at radius 2 is 1.42 bits per heavy atom. The predicted molar refractivity (Wildman–Crippen MR) is 95.4 cm³/mol. The van der Waals surface area contributed by atoms with Crippen LogP contribution in [-0.4, -0.2) is 46.1 Å². The van der Waals surface area contributed by atoms with Gasteiger partial charge in [0.1, 0.15) is 37.0 Å². The van der Waals surface area contributed by atoms with E-state index in [9.17, 15) is 4.79 Å². The van der Waals surface area contributed by atoms with Crippen molar-refractivity contribution in [2.75, 3.05) is 45.2 Å². The molecule has 4 fully saturated rings. The van der Waals surface area contributed by atoms with Crippen molar-refractivity contribution in [1.29, 1.82) is 0 Å². The highest BCUT2D eigenvalue weighted by Gasteiger charge is 2.70. The Balaban J connectivity index is 1.69. The fraction of sp³-hybridized carbons (Fsp3) is 0.650. The van der Waals surface area contributed by atoms with Gasteiger partial charge in [0.2, 0.25) is 6.17 Å². The maximum Gasteiger partial charge on any atom is 0.240 e. The van der Waals surface area contributed by atoms with Crippen LogP contribution in [0.2, 0.25) is 0 Å². The summed E-state index contributed by atoms with van der Waals surface area (Å²) >= 11 is 0. The lowest BCUT2D eigenvalue weighted by atomic mass is 9.58. The minimum Gasteiger partial charge on any atom is -0.378 e. The van der Waals surface area contributed by atoms with Gasteiger partial charge in [-0.3, -0.25) is 14.6 Å². The van der Waals surface area contributed by atoms with Gasteiger partial charge in [-0.25, -0.2) is 0 Å².